The average molecular weight is 1330 g/mol. The number of pyridine rings is 2. The summed E-state index contributed by atoms with van der Waals surface area (Å²) < 4.78 is 13.3. The Morgan fingerprint density at radius 3 is 1.46 bits per heavy atom. The monoisotopic (exact) mass is 1330 g/mol. The van der Waals surface area contributed by atoms with Gasteiger partial charge in [-0.1, -0.05) is 249 Å². The Morgan fingerprint density at radius 2 is 0.731 bits per heavy atom. The van der Waals surface area contributed by atoms with Crippen molar-refractivity contribution in [2.24, 2.45) is 0 Å². The van der Waals surface area contributed by atoms with Gasteiger partial charge in [-0.25, -0.2) is 0 Å². The van der Waals surface area contributed by atoms with Crippen LogP contribution in [0.2, 0.25) is 0 Å². The number of furan rings is 2. The van der Waals surface area contributed by atoms with Crippen LogP contribution in [0.3, 0.4) is 0 Å². The predicted molar refractivity (Wildman–Crippen MR) is 434 cm³/mol. The Balaban J connectivity index is 0.699. The molecule has 6 nitrogen and oxygen atoms in total. The molecule has 0 saturated heterocycles. The predicted octanol–water partition coefficient (Wildman–Crippen LogP) is 27.5. The van der Waals surface area contributed by atoms with E-state index in [-0.39, 0.29) is 0 Å². The van der Waals surface area contributed by atoms with Gasteiger partial charge in [0.1, 0.15) is 22.3 Å². The second-order valence-corrected chi connectivity index (χ2v) is 26.8. The molecule has 16 aromatic carbocycles. The van der Waals surface area contributed by atoms with Crippen LogP contribution in [0.5, 0.6) is 0 Å². The smallest absolute Gasteiger partial charge is 0.153 e. The van der Waals surface area contributed by atoms with Crippen molar-refractivity contribution < 1.29 is 8.83 Å². The summed E-state index contributed by atoms with van der Waals surface area (Å²) in [7, 11) is 0. The number of fused-ring (bicyclic) bond motifs is 12. The Bertz CT molecular complexity index is 6730. The minimum Gasteiger partial charge on any atom is -0.455 e. The maximum atomic E-state index is 6.71. The zero-order valence-corrected chi connectivity index (χ0v) is 56.4. The van der Waals surface area contributed by atoms with Gasteiger partial charge in [-0.05, 0) is 214 Å². The van der Waals surface area contributed by atoms with E-state index in [0.717, 1.165) is 172 Å². The third-order valence-electron chi connectivity index (χ3n) is 20.7. The van der Waals surface area contributed by atoms with Crippen LogP contribution < -0.4 is 9.80 Å². The second-order valence-electron chi connectivity index (χ2n) is 26.8. The van der Waals surface area contributed by atoms with Crippen molar-refractivity contribution in [2.75, 3.05) is 9.80 Å². The Hall–Kier alpha value is -13.9. The number of hydrogen-bond acceptors (Lipinski definition) is 6. The minimum absolute atomic E-state index is 0.774. The highest BCUT2D eigenvalue weighted by Crippen LogP contribution is 2.49. The van der Waals surface area contributed by atoms with Gasteiger partial charge in [0, 0.05) is 79.3 Å². The minimum atomic E-state index is 0.774. The van der Waals surface area contributed by atoms with E-state index in [4.69, 9.17) is 18.8 Å². The fraction of sp³-hybridized carbons (Fsp3) is 0. The summed E-state index contributed by atoms with van der Waals surface area (Å²) in [6.45, 7) is 0. The Kier molecular flexibility index (Phi) is 14.5. The van der Waals surface area contributed by atoms with E-state index < -0.39 is 0 Å². The lowest BCUT2D eigenvalue weighted by Crippen LogP contribution is -2.11. The molecular weight excluding hydrogens is 1270 g/mol. The summed E-state index contributed by atoms with van der Waals surface area (Å²) in [6.07, 6.45) is 5.67. The van der Waals surface area contributed by atoms with Gasteiger partial charge in [0.2, 0.25) is 0 Å². The molecule has 6 heteroatoms. The van der Waals surface area contributed by atoms with Gasteiger partial charge >= 0.3 is 0 Å². The van der Waals surface area contributed by atoms with Gasteiger partial charge in [-0.2, -0.15) is 0 Å². The van der Waals surface area contributed by atoms with E-state index in [1.807, 2.05) is 36.8 Å². The summed E-state index contributed by atoms with van der Waals surface area (Å²) in [5.74, 6) is 0. The van der Waals surface area contributed by atoms with Crippen molar-refractivity contribution in [3.8, 4) is 77.9 Å². The number of rotatable bonds is 13. The van der Waals surface area contributed by atoms with Crippen molar-refractivity contribution in [3.05, 3.63) is 377 Å². The van der Waals surface area contributed by atoms with Crippen molar-refractivity contribution >= 4 is 121 Å². The maximum Gasteiger partial charge on any atom is 0.153 e. The van der Waals surface area contributed by atoms with Crippen LogP contribution in [-0.4, -0.2) is 9.97 Å². The summed E-state index contributed by atoms with van der Waals surface area (Å²) in [6, 6.07) is 130. The Labute approximate surface area is 600 Å². The van der Waals surface area contributed by atoms with Crippen molar-refractivity contribution in [3.63, 3.8) is 0 Å². The van der Waals surface area contributed by atoms with Crippen LogP contribution in [-0.2, 0) is 0 Å². The zero-order chi connectivity index (χ0) is 68.6. The molecule has 4 aromatic heterocycles. The first kappa shape index (κ1) is 60.1. The zero-order valence-electron chi connectivity index (χ0n) is 56.4. The normalized spacial score (nSPS) is 11.7. The number of aromatic nitrogens is 2. The standard InChI is InChI=1S/C98H62N4O2/c1-3-18-63(19-4-1)71-25-13-28-76(55-71)101(79-47-45-70-46-49-87-96-95(36-17-52-100-96)104-97(87)90(70)60-79)77-29-14-26-72(56-77)65-39-43-69(44-40-65)88-58-75(54-74-23-8-10-32-83(74)88)84-50-48-80(59-89(84)67-20-5-2-6-21-67)102(93-61-91-86-33-11-12-35-94(86)103-98(91)92-62-99-53-51-85(92)93)78-30-15-27-73(57-78)64-37-41-68(42-38-64)82-34-16-24-66-22-7-9-31-81(66)82/h1-62H. The molecule has 0 bridgehead atoms. The molecule has 486 valence electrons. The lowest BCUT2D eigenvalue weighted by atomic mass is 9.88. The summed E-state index contributed by atoms with van der Waals surface area (Å²) in [4.78, 5) is 14.2. The molecule has 0 aliphatic heterocycles. The highest BCUT2D eigenvalue weighted by molar-refractivity contribution is 6.20. The lowest BCUT2D eigenvalue weighted by molar-refractivity contribution is 0.671. The van der Waals surface area contributed by atoms with E-state index in [0.29, 0.717) is 0 Å². The molecule has 0 aliphatic carbocycles. The van der Waals surface area contributed by atoms with Crippen LogP contribution in [0.25, 0.3) is 165 Å². The van der Waals surface area contributed by atoms with Gasteiger partial charge in [0.15, 0.2) is 5.58 Å². The molecule has 104 heavy (non-hydrogen) atoms. The van der Waals surface area contributed by atoms with Crippen LogP contribution in [0, 0.1) is 0 Å². The molecule has 20 rings (SSSR count). The molecule has 0 fully saturated rings. The highest BCUT2D eigenvalue weighted by Gasteiger charge is 2.25. The third kappa shape index (κ3) is 10.5. The van der Waals surface area contributed by atoms with E-state index in [1.54, 1.807) is 0 Å². The van der Waals surface area contributed by atoms with Crippen molar-refractivity contribution in [1.82, 2.24) is 9.97 Å². The Morgan fingerprint density at radius 1 is 0.221 bits per heavy atom. The summed E-state index contributed by atoms with van der Waals surface area (Å²) in [5.41, 5.74) is 26.1. The van der Waals surface area contributed by atoms with Gasteiger partial charge in [0.25, 0.3) is 0 Å². The fourth-order valence-corrected chi connectivity index (χ4v) is 15.7. The van der Waals surface area contributed by atoms with Gasteiger partial charge in [0.05, 0.1) is 5.69 Å². The van der Waals surface area contributed by atoms with E-state index in [2.05, 4.69) is 350 Å². The molecule has 0 unspecified atom stereocenters. The van der Waals surface area contributed by atoms with Crippen molar-refractivity contribution in [2.45, 2.75) is 0 Å². The van der Waals surface area contributed by atoms with Crippen LogP contribution in [0.1, 0.15) is 0 Å². The molecule has 0 aliphatic rings. The number of hydrogen-bond donors (Lipinski definition) is 0. The maximum absolute atomic E-state index is 6.71. The van der Waals surface area contributed by atoms with Gasteiger partial charge < -0.3 is 18.6 Å². The quantitative estimate of drug-likeness (QED) is 0.115. The highest BCUT2D eigenvalue weighted by atomic mass is 16.3. The molecule has 0 atom stereocenters. The SMILES string of the molecule is c1ccc(-c2cccc(N(c3cccc(-c4ccc(-c5cc(-c6ccc(N(c7cccc(-c8ccc(-c9cccc%10ccccc9%10)cc8)c7)c7cc8c9ccccc9oc8c8cnccc78)cc6-c6ccccc6)cc6ccccc56)cc4)c3)c3ccc4ccc5c6ncccc6oc5c4c3)c2)cc1. The first-order valence-corrected chi connectivity index (χ1v) is 35.3. The number of anilines is 6. The van der Waals surface area contributed by atoms with Crippen molar-refractivity contribution in [1.29, 1.82) is 0 Å². The molecule has 20 aromatic rings. The van der Waals surface area contributed by atoms with E-state index >= 15 is 0 Å². The third-order valence-corrected chi connectivity index (χ3v) is 20.7. The lowest BCUT2D eigenvalue weighted by Gasteiger charge is -2.28. The largest absolute Gasteiger partial charge is 0.455 e. The topological polar surface area (TPSA) is 58.5 Å². The number of para-hydroxylation sites is 1. The molecular formula is C98H62N4O2. The molecule has 0 spiro atoms. The van der Waals surface area contributed by atoms with E-state index in [9.17, 15) is 0 Å². The van der Waals surface area contributed by atoms with Crippen LogP contribution >= 0.6 is 0 Å². The molecule has 4 heterocycles. The number of nitrogens with zero attached hydrogens (tertiary/aromatic N) is 4. The molecule has 0 saturated carbocycles. The first-order chi connectivity index (χ1) is 51.5. The first-order valence-electron chi connectivity index (χ1n) is 35.3. The molecule has 0 N–H and O–H groups in total. The fourth-order valence-electron chi connectivity index (χ4n) is 15.7. The summed E-state index contributed by atoms with van der Waals surface area (Å²) >= 11 is 0. The average Bonchev–Trinajstić information content (AvgIpc) is 1.46. The van der Waals surface area contributed by atoms with Gasteiger partial charge in [-0.3, -0.25) is 9.97 Å². The van der Waals surface area contributed by atoms with Crippen LogP contribution in [0.15, 0.2) is 385 Å². The van der Waals surface area contributed by atoms with E-state index in [1.165, 1.54) is 27.3 Å². The van der Waals surface area contributed by atoms with Gasteiger partial charge in [-0.15, -0.1) is 0 Å². The van der Waals surface area contributed by atoms with Crippen LogP contribution in [0.4, 0.5) is 34.1 Å². The second kappa shape index (κ2) is 25.0. The molecule has 0 amide bonds. The number of benzene rings is 16. The summed E-state index contributed by atoms with van der Waals surface area (Å²) in [5, 5.41) is 12.0. The molecule has 0 radical (unpaired) electrons.